The van der Waals surface area contributed by atoms with Crippen molar-refractivity contribution in [3.05, 3.63) is 24.0 Å². The Hall–Kier alpha value is -0.760. The summed E-state index contributed by atoms with van der Waals surface area (Å²) in [6.45, 7) is 7.66. The lowest BCUT2D eigenvalue weighted by atomic mass is 10.4. The Morgan fingerprint density at radius 1 is 1.36 bits per heavy atom. The normalized spacial score (nSPS) is 10.8. The molecule has 11 heavy (non-hydrogen) atoms. The van der Waals surface area contributed by atoms with Crippen LogP contribution >= 0.6 is 0 Å². The third kappa shape index (κ3) is 2.39. The van der Waals surface area contributed by atoms with Gasteiger partial charge >= 0.3 is 0 Å². The van der Waals surface area contributed by atoms with Gasteiger partial charge in [-0.05, 0) is 25.2 Å². The molecule has 0 saturated carbocycles. The maximum atomic E-state index is 3.19. The minimum atomic E-state index is 1.04. The Bertz CT molecular complexity index is 175. The van der Waals surface area contributed by atoms with Crippen LogP contribution in [0.15, 0.2) is 18.3 Å². The Labute approximate surface area is 68.2 Å². The van der Waals surface area contributed by atoms with Crippen molar-refractivity contribution in [1.29, 1.82) is 0 Å². The molecule has 0 saturated heterocycles. The van der Waals surface area contributed by atoms with Crippen molar-refractivity contribution in [2.24, 2.45) is 0 Å². The molecule has 0 spiro atoms. The number of H-pyrrole nitrogens is 1. The molecule has 0 radical (unpaired) electrons. The number of aromatic nitrogens is 1. The van der Waals surface area contributed by atoms with E-state index in [4.69, 9.17) is 0 Å². The number of hydrogen-bond acceptors (Lipinski definition) is 1. The maximum Gasteiger partial charge on any atom is 0.0384 e. The van der Waals surface area contributed by atoms with Gasteiger partial charge in [-0.2, -0.15) is 0 Å². The summed E-state index contributed by atoms with van der Waals surface area (Å²) in [5.74, 6) is 0. The Morgan fingerprint density at radius 3 is 2.55 bits per heavy atom. The van der Waals surface area contributed by atoms with Crippen LogP contribution in [-0.4, -0.2) is 23.0 Å². The average Bonchev–Trinajstić information content (AvgIpc) is 2.52. The van der Waals surface area contributed by atoms with Gasteiger partial charge in [0.15, 0.2) is 0 Å². The topological polar surface area (TPSA) is 19.0 Å². The lowest BCUT2D eigenvalue weighted by Crippen LogP contribution is -2.22. The minimum absolute atomic E-state index is 1.04. The molecule has 0 aliphatic rings. The van der Waals surface area contributed by atoms with E-state index < -0.39 is 0 Å². The second-order valence-electron chi connectivity index (χ2n) is 2.66. The predicted molar refractivity (Wildman–Crippen MR) is 47.4 cm³/mol. The van der Waals surface area contributed by atoms with E-state index in [9.17, 15) is 0 Å². The molecule has 0 atom stereocenters. The van der Waals surface area contributed by atoms with Gasteiger partial charge in [-0.3, -0.25) is 4.90 Å². The van der Waals surface area contributed by atoms with Crippen LogP contribution in [0.25, 0.3) is 0 Å². The zero-order valence-electron chi connectivity index (χ0n) is 7.30. The van der Waals surface area contributed by atoms with Crippen molar-refractivity contribution in [2.45, 2.75) is 20.4 Å². The van der Waals surface area contributed by atoms with Crippen LogP contribution in [0.1, 0.15) is 19.5 Å². The average molecular weight is 152 g/mol. The summed E-state index contributed by atoms with van der Waals surface area (Å²) in [7, 11) is 0. The van der Waals surface area contributed by atoms with Crippen molar-refractivity contribution in [2.75, 3.05) is 13.1 Å². The van der Waals surface area contributed by atoms with Crippen molar-refractivity contribution in [3.63, 3.8) is 0 Å². The lowest BCUT2D eigenvalue weighted by molar-refractivity contribution is 0.293. The zero-order chi connectivity index (χ0) is 8.10. The summed E-state index contributed by atoms with van der Waals surface area (Å²) in [6, 6.07) is 4.16. The molecular formula is C9H16N2. The summed E-state index contributed by atoms with van der Waals surface area (Å²) >= 11 is 0. The Kier molecular flexibility index (Phi) is 3.17. The van der Waals surface area contributed by atoms with Crippen molar-refractivity contribution in [3.8, 4) is 0 Å². The maximum absolute atomic E-state index is 3.19. The molecule has 62 valence electrons. The van der Waals surface area contributed by atoms with Crippen LogP contribution in [0.5, 0.6) is 0 Å². The molecular weight excluding hydrogens is 136 g/mol. The fraction of sp³-hybridized carbons (Fsp3) is 0.556. The second kappa shape index (κ2) is 4.19. The minimum Gasteiger partial charge on any atom is -0.364 e. The molecule has 2 nitrogen and oxygen atoms in total. The van der Waals surface area contributed by atoms with E-state index in [-0.39, 0.29) is 0 Å². The molecule has 0 unspecified atom stereocenters. The molecule has 1 N–H and O–H groups in total. The molecule has 1 heterocycles. The Balaban J connectivity index is 2.41. The Morgan fingerprint density at radius 2 is 2.09 bits per heavy atom. The first-order valence-electron chi connectivity index (χ1n) is 4.21. The third-order valence-electron chi connectivity index (χ3n) is 1.95. The first-order chi connectivity index (χ1) is 5.36. The molecule has 1 aromatic rings. The van der Waals surface area contributed by atoms with Crippen LogP contribution in [0, 0.1) is 0 Å². The van der Waals surface area contributed by atoms with Crippen molar-refractivity contribution < 1.29 is 0 Å². The molecule has 1 aromatic heterocycles. The van der Waals surface area contributed by atoms with Gasteiger partial charge in [0.25, 0.3) is 0 Å². The standard InChI is InChI=1S/C9H16N2/c1-3-11(4-2)8-9-6-5-7-10-9/h5-7,10H,3-4,8H2,1-2H3. The van der Waals surface area contributed by atoms with Crippen LogP contribution in [0.3, 0.4) is 0 Å². The molecule has 0 aliphatic heterocycles. The number of nitrogens with zero attached hydrogens (tertiary/aromatic N) is 1. The molecule has 0 fully saturated rings. The third-order valence-corrected chi connectivity index (χ3v) is 1.95. The van der Waals surface area contributed by atoms with Crippen molar-refractivity contribution >= 4 is 0 Å². The van der Waals surface area contributed by atoms with Gasteiger partial charge in [0, 0.05) is 18.4 Å². The monoisotopic (exact) mass is 152 g/mol. The molecule has 0 aromatic carbocycles. The molecule has 0 amide bonds. The van der Waals surface area contributed by atoms with Crippen LogP contribution in [0.2, 0.25) is 0 Å². The molecule has 2 heteroatoms. The SMILES string of the molecule is CCN(CC)Cc1ccc[nH]1. The lowest BCUT2D eigenvalue weighted by Gasteiger charge is -2.16. The smallest absolute Gasteiger partial charge is 0.0384 e. The summed E-state index contributed by atoms with van der Waals surface area (Å²) in [5.41, 5.74) is 1.30. The van der Waals surface area contributed by atoms with E-state index in [1.165, 1.54) is 5.69 Å². The first kappa shape index (κ1) is 8.34. The van der Waals surface area contributed by atoms with Gasteiger partial charge in [-0.25, -0.2) is 0 Å². The first-order valence-corrected chi connectivity index (χ1v) is 4.21. The quantitative estimate of drug-likeness (QED) is 0.697. The van der Waals surface area contributed by atoms with Crippen LogP contribution in [0.4, 0.5) is 0 Å². The molecule has 0 aliphatic carbocycles. The highest BCUT2D eigenvalue weighted by atomic mass is 15.1. The van der Waals surface area contributed by atoms with Gasteiger partial charge < -0.3 is 4.98 Å². The summed E-state index contributed by atoms with van der Waals surface area (Å²) in [6.07, 6.45) is 1.97. The van der Waals surface area contributed by atoms with Crippen LogP contribution in [-0.2, 0) is 6.54 Å². The number of rotatable bonds is 4. The fourth-order valence-corrected chi connectivity index (χ4v) is 1.15. The molecule has 0 bridgehead atoms. The van der Waals surface area contributed by atoms with E-state index in [2.05, 4.69) is 29.8 Å². The zero-order valence-corrected chi connectivity index (χ0v) is 7.30. The summed E-state index contributed by atoms with van der Waals surface area (Å²) < 4.78 is 0. The van der Waals surface area contributed by atoms with E-state index in [1.54, 1.807) is 0 Å². The summed E-state index contributed by atoms with van der Waals surface area (Å²) in [5, 5.41) is 0. The van der Waals surface area contributed by atoms with Gasteiger partial charge in [0.2, 0.25) is 0 Å². The molecule has 1 rings (SSSR count). The predicted octanol–water partition coefficient (Wildman–Crippen LogP) is 1.86. The van der Waals surface area contributed by atoms with E-state index in [0.717, 1.165) is 19.6 Å². The summed E-state index contributed by atoms with van der Waals surface area (Å²) in [4.78, 5) is 5.58. The highest BCUT2D eigenvalue weighted by Gasteiger charge is 1.99. The van der Waals surface area contributed by atoms with E-state index in [0.29, 0.717) is 0 Å². The second-order valence-corrected chi connectivity index (χ2v) is 2.66. The highest BCUT2D eigenvalue weighted by Crippen LogP contribution is 1.99. The van der Waals surface area contributed by atoms with Gasteiger partial charge in [0.1, 0.15) is 0 Å². The number of aromatic amines is 1. The van der Waals surface area contributed by atoms with Crippen LogP contribution < -0.4 is 0 Å². The van der Waals surface area contributed by atoms with E-state index in [1.807, 2.05) is 12.3 Å². The van der Waals surface area contributed by atoms with E-state index >= 15 is 0 Å². The highest BCUT2D eigenvalue weighted by molar-refractivity contribution is 5.03. The largest absolute Gasteiger partial charge is 0.364 e. The van der Waals surface area contributed by atoms with Gasteiger partial charge in [0.05, 0.1) is 0 Å². The number of hydrogen-bond donors (Lipinski definition) is 1. The fourth-order valence-electron chi connectivity index (χ4n) is 1.15. The number of nitrogens with one attached hydrogen (secondary N) is 1. The van der Waals surface area contributed by atoms with Gasteiger partial charge in [-0.15, -0.1) is 0 Å². The van der Waals surface area contributed by atoms with Crippen molar-refractivity contribution in [1.82, 2.24) is 9.88 Å². The van der Waals surface area contributed by atoms with Gasteiger partial charge in [-0.1, -0.05) is 13.8 Å².